The Balaban J connectivity index is 1.95. The number of nitrogens with one attached hydrogen (secondary N) is 1. The molecule has 0 bridgehead atoms. The average Bonchev–Trinajstić information content (AvgIpc) is 3.00. The third-order valence-corrected chi connectivity index (χ3v) is 2.93. The van der Waals surface area contributed by atoms with E-state index in [0.29, 0.717) is 0 Å². The van der Waals surface area contributed by atoms with Gasteiger partial charge in [-0.1, -0.05) is 30.4 Å². The standard InChI is InChI=1S/C14H19N/c1-11-5-3-6-12(2)14(11)7-4-10-15-13-8-9-13/h3-7,13,15H,8-10H2,1-2H3/b7-4+. The minimum atomic E-state index is 0.799. The summed E-state index contributed by atoms with van der Waals surface area (Å²) in [4.78, 5) is 0. The summed E-state index contributed by atoms with van der Waals surface area (Å²) in [7, 11) is 0. The zero-order valence-corrected chi connectivity index (χ0v) is 9.59. The van der Waals surface area contributed by atoms with Gasteiger partial charge in [-0.3, -0.25) is 0 Å². The highest BCUT2D eigenvalue weighted by Crippen LogP contribution is 2.18. The maximum absolute atomic E-state index is 3.48. The first-order valence-electron chi connectivity index (χ1n) is 5.73. The van der Waals surface area contributed by atoms with Crippen LogP contribution in [0.5, 0.6) is 0 Å². The molecule has 0 spiro atoms. The summed E-state index contributed by atoms with van der Waals surface area (Å²) >= 11 is 0. The fraction of sp³-hybridized carbons (Fsp3) is 0.429. The Morgan fingerprint density at radius 1 is 1.27 bits per heavy atom. The normalized spacial score (nSPS) is 16.1. The monoisotopic (exact) mass is 201 g/mol. The van der Waals surface area contributed by atoms with Gasteiger partial charge in [0, 0.05) is 12.6 Å². The Hall–Kier alpha value is -1.08. The third kappa shape index (κ3) is 2.93. The van der Waals surface area contributed by atoms with Crippen molar-refractivity contribution in [3.05, 3.63) is 41.0 Å². The Morgan fingerprint density at radius 3 is 2.53 bits per heavy atom. The van der Waals surface area contributed by atoms with Gasteiger partial charge < -0.3 is 5.32 Å². The first kappa shape index (κ1) is 10.4. The van der Waals surface area contributed by atoms with E-state index in [1.807, 2.05) is 0 Å². The molecule has 0 aromatic heterocycles. The number of hydrogen-bond donors (Lipinski definition) is 1. The lowest BCUT2D eigenvalue weighted by Gasteiger charge is -2.04. The van der Waals surface area contributed by atoms with Gasteiger partial charge in [0.25, 0.3) is 0 Å². The molecule has 1 aromatic rings. The first-order chi connectivity index (χ1) is 7.27. The molecule has 80 valence electrons. The quantitative estimate of drug-likeness (QED) is 0.789. The van der Waals surface area contributed by atoms with Crippen molar-refractivity contribution in [2.75, 3.05) is 6.54 Å². The van der Waals surface area contributed by atoms with Crippen molar-refractivity contribution in [2.24, 2.45) is 0 Å². The van der Waals surface area contributed by atoms with E-state index in [-0.39, 0.29) is 0 Å². The van der Waals surface area contributed by atoms with Crippen molar-refractivity contribution in [1.29, 1.82) is 0 Å². The molecule has 1 fully saturated rings. The van der Waals surface area contributed by atoms with E-state index in [0.717, 1.165) is 12.6 Å². The molecule has 2 rings (SSSR count). The van der Waals surface area contributed by atoms with Gasteiger partial charge in [0.2, 0.25) is 0 Å². The van der Waals surface area contributed by atoms with Crippen LogP contribution in [-0.2, 0) is 0 Å². The average molecular weight is 201 g/mol. The third-order valence-electron chi connectivity index (χ3n) is 2.93. The highest BCUT2D eigenvalue weighted by atomic mass is 14.9. The van der Waals surface area contributed by atoms with Gasteiger partial charge in [0.15, 0.2) is 0 Å². The van der Waals surface area contributed by atoms with E-state index < -0.39 is 0 Å². The second kappa shape index (κ2) is 4.63. The van der Waals surface area contributed by atoms with Gasteiger partial charge in [-0.15, -0.1) is 0 Å². The summed E-state index contributed by atoms with van der Waals surface area (Å²) in [5, 5.41) is 3.48. The smallest absolute Gasteiger partial charge is 0.0140 e. The second-order valence-corrected chi connectivity index (χ2v) is 4.39. The lowest BCUT2D eigenvalue weighted by Crippen LogP contribution is -2.15. The maximum atomic E-state index is 3.48. The molecule has 1 heteroatoms. The lowest BCUT2D eigenvalue weighted by atomic mass is 10.0. The van der Waals surface area contributed by atoms with Crippen LogP contribution >= 0.6 is 0 Å². The van der Waals surface area contributed by atoms with Gasteiger partial charge >= 0.3 is 0 Å². The maximum Gasteiger partial charge on any atom is 0.0140 e. The largest absolute Gasteiger partial charge is 0.311 e. The van der Waals surface area contributed by atoms with Crippen LogP contribution in [0.1, 0.15) is 29.5 Å². The van der Waals surface area contributed by atoms with E-state index in [2.05, 4.69) is 49.5 Å². The molecule has 15 heavy (non-hydrogen) atoms. The minimum Gasteiger partial charge on any atom is -0.311 e. The summed E-state index contributed by atoms with van der Waals surface area (Å²) < 4.78 is 0. The number of benzene rings is 1. The van der Waals surface area contributed by atoms with Gasteiger partial charge in [-0.2, -0.15) is 0 Å². The summed E-state index contributed by atoms with van der Waals surface area (Å²) in [5.41, 5.74) is 4.09. The molecule has 1 N–H and O–H groups in total. The van der Waals surface area contributed by atoms with Crippen LogP contribution in [-0.4, -0.2) is 12.6 Å². The van der Waals surface area contributed by atoms with Crippen LogP contribution in [0.25, 0.3) is 6.08 Å². The van der Waals surface area contributed by atoms with E-state index in [9.17, 15) is 0 Å². The Bertz CT molecular complexity index is 341. The van der Waals surface area contributed by atoms with Crippen molar-refractivity contribution in [3.63, 3.8) is 0 Å². The highest BCUT2D eigenvalue weighted by molar-refractivity contribution is 5.57. The van der Waals surface area contributed by atoms with Gasteiger partial charge in [0.05, 0.1) is 0 Å². The Morgan fingerprint density at radius 2 is 1.93 bits per heavy atom. The molecular formula is C14H19N. The fourth-order valence-corrected chi connectivity index (χ4v) is 1.79. The van der Waals surface area contributed by atoms with Crippen molar-refractivity contribution in [1.82, 2.24) is 5.32 Å². The van der Waals surface area contributed by atoms with Crippen LogP contribution < -0.4 is 5.32 Å². The molecule has 1 saturated carbocycles. The zero-order chi connectivity index (χ0) is 10.7. The summed E-state index contributed by atoms with van der Waals surface area (Å²) in [6.07, 6.45) is 7.18. The first-order valence-corrected chi connectivity index (χ1v) is 5.73. The van der Waals surface area contributed by atoms with Crippen LogP contribution in [0.15, 0.2) is 24.3 Å². The molecule has 0 unspecified atom stereocenters. The fourth-order valence-electron chi connectivity index (χ4n) is 1.79. The zero-order valence-electron chi connectivity index (χ0n) is 9.59. The van der Waals surface area contributed by atoms with E-state index in [1.54, 1.807) is 0 Å². The topological polar surface area (TPSA) is 12.0 Å². The molecule has 0 radical (unpaired) electrons. The van der Waals surface area contributed by atoms with Gasteiger partial charge in [0.1, 0.15) is 0 Å². The van der Waals surface area contributed by atoms with Crippen LogP contribution in [0.2, 0.25) is 0 Å². The minimum absolute atomic E-state index is 0.799. The molecule has 0 aliphatic heterocycles. The molecule has 0 heterocycles. The SMILES string of the molecule is Cc1cccc(C)c1/C=C/CNC1CC1. The highest BCUT2D eigenvalue weighted by Gasteiger charge is 2.18. The molecule has 0 amide bonds. The Labute approximate surface area is 92.2 Å². The van der Waals surface area contributed by atoms with Crippen LogP contribution in [0.3, 0.4) is 0 Å². The second-order valence-electron chi connectivity index (χ2n) is 4.39. The predicted molar refractivity (Wildman–Crippen MR) is 66.0 cm³/mol. The molecule has 0 saturated heterocycles. The van der Waals surface area contributed by atoms with Crippen molar-refractivity contribution in [2.45, 2.75) is 32.7 Å². The van der Waals surface area contributed by atoms with E-state index in [4.69, 9.17) is 0 Å². The van der Waals surface area contributed by atoms with Crippen molar-refractivity contribution >= 4 is 6.08 Å². The number of rotatable bonds is 4. The van der Waals surface area contributed by atoms with Crippen molar-refractivity contribution in [3.8, 4) is 0 Å². The number of aryl methyl sites for hydroxylation is 2. The molecule has 0 atom stereocenters. The molecular weight excluding hydrogens is 182 g/mol. The molecule has 1 aromatic carbocycles. The summed E-state index contributed by atoms with van der Waals surface area (Å²) in [6, 6.07) is 7.25. The van der Waals surface area contributed by atoms with Crippen LogP contribution in [0, 0.1) is 13.8 Å². The summed E-state index contributed by atoms with van der Waals surface area (Å²) in [5.74, 6) is 0. The lowest BCUT2D eigenvalue weighted by molar-refractivity contribution is 0.754. The van der Waals surface area contributed by atoms with E-state index >= 15 is 0 Å². The van der Waals surface area contributed by atoms with Crippen molar-refractivity contribution < 1.29 is 0 Å². The van der Waals surface area contributed by atoms with Gasteiger partial charge in [-0.05, 0) is 43.4 Å². The summed E-state index contributed by atoms with van der Waals surface area (Å²) in [6.45, 7) is 5.33. The van der Waals surface area contributed by atoms with Crippen LogP contribution in [0.4, 0.5) is 0 Å². The number of hydrogen-bond acceptors (Lipinski definition) is 1. The predicted octanol–water partition coefficient (Wildman–Crippen LogP) is 3.07. The molecule has 1 aliphatic rings. The van der Waals surface area contributed by atoms with E-state index in [1.165, 1.54) is 29.5 Å². The Kier molecular flexibility index (Phi) is 3.22. The molecule has 1 aliphatic carbocycles. The molecule has 1 nitrogen and oxygen atoms in total. The van der Waals surface area contributed by atoms with Gasteiger partial charge in [-0.25, -0.2) is 0 Å².